The van der Waals surface area contributed by atoms with E-state index in [1.807, 2.05) is 0 Å². The summed E-state index contributed by atoms with van der Waals surface area (Å²) >= 11 is 0. The summed E-state index contributed by atoms with van der Waals surface area (Å²) in [6.45, 7) is 2.14. The molecule has 0 saturated heterocycles. The fraction of sp³-hybridized carbons (Fsp3) is 0.786. The van der Waals surface area contributed by atoms with Gasteiger partial charge in [0.25, 0.3) is 0 Å². The van der Waals surface area contributed by atoms with E-state index in [1.54, 1.807) is 0 Å². The molecule has 0 aliphatic carbocycles. The minimum absolute atomic E-state index is 0.248. The highest BCUT2D eigenvalue weighted by molar-refractivity contribution is 6.17. The van der Waals surface area contributed by atoms with Crippen molar-refractivity contribution in [2.24, 2.45) is 11.1 Å². The standard InChI is InChI=1S/C14H25NO5/c1-2-3-4-5-6-7-8-9-10-14(11(15)16,12(17)18)13(19)20/h2-10H2,1H3,(H2,15,16)(H,17,18)(H,19,20). The zero-order valence-corrected chi connectivity index (χ0v) is 12.1. The van der Waals surface area contributed by atoms with Crippen molar-refractivity contribution in [3.05, 3.63) is 0 Å². The van der Waals surface area contributed by atoms with E-state index < -0.39 is 23.3 Å². The quantitative estimate of drug-likeness (QED) is 0.375. The van der Waals surface area contributed by atoms with Crippen molar-refractivity contribution < 1.29 is 24.6 Å². The first kappa shape index (κ1) is 18.4. The number of amides is 1. The lowest BCUT2D eigenvalue weighted by Crippen LogP contribution is -2.50. The van der Waals surface area contributed by atoms with E-state index in [2.05, 4.69) is 6.92 Å². The second-order valence-electron chi connectivity index (χ2n) is 5.10. The molecule has 0 fully saturated rings. The summed E-state index contributed by atoms with van der Waals surface area (Å²) in [5.41, 5.74) is 2.48. The Kier molecular flexibility index (Phi) is 8.59. The first-order valence-electron chi connectivity index (χ1n) is 7.16. The van der Waals surface area contributed by atoms with E-state index in [0.717, 1.165) is 19.3 Å². The number of carbonyl (C=O) groups is 3. The Morgan fingerprint density at radius 3 is 1.60 bits per heavy atom. The van der Waals surface area contributed by atoms with Crippen LogP contribution < -0.4 is 5.73 Å². The molecule has 116 valence electrons. The molecule has 6 heteroatoms. The Balaban J connectivity index is 4.14. The summed E-state index contributed by atoms with van der Waals surface area (Å²) in [7, 11) is 0. The maximum atomic E-state index is 11.2. The van der Waals surface area contributed by atoms with Gasteiger partial charge in [-0.25, -0.2) is 0 Å². The number of carboxylic acids is 2. The molecular weight excluding hydrogens is 262 g/mol. The molecule has 0 rings (SSSR count). The normalized spacial score (nSPS) is 11.2. The number of carboxylic acid groups (broad SMARTS) is 2. The second kappa shape index (κ2) is 9.34. The number of hydrogen-bond donors (Lipinski definition) is 3. The van der Waals surface area contributed by atoms with Gasteiger partial charge in [-0.1, -0.05) is 58.3 Å². The molecule has 0 spiro atoms. The molecule has 0 unspecified atom stereocenters. The molecule has 0 atom stereocenters. The number of primary amides is 1. The molecule has 0 aromatic rings. The van der Waals surface area contributed by atoms with Crippen LogP contribution in [0.5, 0.6) is 0 Å². The van der Waals surface area contributed by atoms with E-state index in [0.29, 0.717) is 12.8 Å². The number of hydrogen-bond acceptors (Lipinski definition) is 3. The van der Waals surface area contributed by atoms with E-state index >= 15 is 0 Å². The molecule has 0 radical (unpaired) electrons. The van der Waals surface area contributed by atoms with Crippen LogP contribution in [0.2, 0.25) is 0 Å². The average Bonchev–Trinajstić information content (AvgIpc) is 2.35. The van der Waals surface area contributed by atoms with Crippen molar-refractivity contribution in [3.63, 3.8) is 0 Å². The van der Waals surface area contributed by atoms with Gasteiger partial charge in [0.2, 0.25) is 11.3 Å². The molecule has 1 amide bonds. The van der Waals surface area contributed by atoms with Crippen LogP contribution in [-0.2, 0) is 14.4 Å². The van der Waals surface area contributed by atoms with E-state index in [-0.39, 0.29) is 6.42 Å². The van der Waals surface area contributed by atoms with Crippen LogP contribution in [0.15, 0.2) is 0 Å². The van der Waals surface area contributed by atoms with Crippen molar-refractivity contribution >= 4 is 17.8 Å². The van der Waals surface area contributed by atoms with Gasteiger partial charge in [0.05, 0.1) is 0 Å². The second-order valence-corrected chi connectivity index (χ2v) is 5.10. The van der Waals surface area contributed by atoms with Gasteiger partial charge in [-0.3, -0.25) is 14.4 Å². The third kappa shape index (κ3) is 5.19. The van der Waals surface area contributed by atoms with Crippen molar-refractivity contribution in [1.82, 2.24) is 0 Å². The molecular formula is C14H25NO5. The maximum absolute atomic E-state index is 11.2. The molecule has 0 saturated carbocycles. The lowest BCUT2D eigenvalue weighted by molar-refractivity contribution is -0.168. The predicted octanol–water partition coefficient (Wildman–Crippen LogP) is 2.16. The van der Waals surface area contributed by atoms with Crippen LogP contribution in [0.4, 0.5) is 0 Å². The fourth-order valence-electron chi connectivity index (χ4n) is 2.16. The van der Waals surface area contributed by atoms with Gasteiger partial charge in [-0.05, 0) is 6.42 Å². The third-order valence-electron chi connectivity index (χ3n) is 3.56. The molecule has 20 heavy (non-hydrogen) atoms. The van der Waals surface area contributed by atoms with Gasteiger partial charge in [0.15, 0.2) is 0 Å². The topological polar surface area (TPSA) is 118 Å². The zero-order chi connectivity index (χ0) is 15.6. The molecule has 4 N–H and O–H groups in total. The van der Waals surface area contributed by atoms with Crippen molar-refractivity contribution in [2.75, 3.05) is 0 Å². The third-order valence-corrected chi connectivity index (χ3v) is 3.56. The fourth-order valence-corrected chi connectivity index (χ4v) is 2.16. The summed E-state index contributed by atoms with van der Waals surface area (Å²) in [6, 6.07) is 0. The van der Waals surface area contributed by atoms with Crippen molar-refractivity contribution in [1.29, 1.82) is 0 Å². The molecule has 0 aromatic carbocycles. The first-order valence-corrected chi connectivity index (χ1v) is 7.16. The smallest absolute Gasteiger partial charge is 0.330 e. The Morgan fingerprint density at radius 1 is 0.850 bits per heavy atom. The number of aliphatic carboxylic acids is 2. The predicted molar refractivity (Wildman–Crippen MR) is 74.1 cm³/mol. The molecule has 0 bridgehead atoms. The zero-order valence-electron chi connectivity index (χ0n) is 12.1. The Hall–Kier alpha value is -1.59. The summed E-state index contributed by atoms with van der Waals surface area (Å²) in [4.78, 5) is 33.3. The van der Waals surface area contributed by atoms with Gasteiger partial charge in [0.1, 0.15) is 0 Å². The van der Waals surface area contributed by atoms with Gasteiger partial charge in [0, 0.05) is 0 Å². The number of rotatable bonds is 12. The maximum Gasteiger partial charge on any atom is 0.330 e. The highest BCUT2D eigenvalue weighted by Crippen LogP contribution is 2.26. The molecule has 0 heterocycles. The Labute approximate surface area is 119 Å². The Morgan fingerprint density at radius 2 is 1.25 bits per heavy atom. The summed E-state index contributed by atoms with van der Waals surface area (Å²) in [5, 5.41) is 18.0. The van der Waals surface area contributed by atoms with Gasteiger partial charge < -0.3 is 15.9 Å². The first-order chi connectivity index (χ1) is 9.39. The van der Waals surface area contributed by atoms with E-state index in [4.69, 9.17) is 15.9 Å². The minimum atomic E-state index is -2.48. The van der Waals surface area contributed by atoms with E-state index in [1.165, 1.54) is 19.3 Å². The van der Waals surface area contributed by atoms with Crippen LogP contribution in [0.3, 0.4) is 0 Å². The van der Waals surface area contributed by atoms with Crippen molar-refractivity contribution in [2.45, 2.75) is 64.7 Å². The Bertz CT molecular complexity index is 304. The summed E-state index contributed by atoms with van der Waals surface area (Å²) in [6.07, 6.45) is 7.50. The number of unbranched alkanes of at least 4 members (excludes halogenated alkanes) is 7. The summed E-state index contributed by atoms with van der Waals surface area (Å²) < 4.78 is 0. The van der Waals surface area contributed by atoms with Crippen LogP contribution in [0.25, 0.3) is 0 Å². The van der Waals surface area contributed by atoms with Gasteiger partial charge in [-0.2, -0.15) is 0 Å². The van der Waals surface area contributed by atoms with Crippen LogP contribution in [-0.4, -0.2) is 28.1 Å². The average molecular weight is 287 g/mol. The largest absolute Gasteiger partial charge is 0.480 e. The van der Waals surface area contributed by atoms with Crippen LogP contribution in [0, 0.1) is 5.41 Å². The molecule has 0 aliphatic heterocycles. The highest BCUT2D eigenvalue weighted by atomic mass is 16.4. The monoisotopic (exact) mass is 287 g/mol. The van der Waals surface area contributed by atoms with Crippen LogP contribution >= 0.6 is 0 Å². The van der Waals surface area contributed by atoms with Crippen LogP contribution in [0.1, 0.15) is 64.7 Å². The lowest BCUT2D eigenvalue weighted by Gasteiger charge is -2.20. The molecule has 0 aliphatic rings. The highest BCUT2D eigenvalue weighted by Gasteiger charge is 2.51. The lowest BCUT2D eigenvalue weighted by atomic mass is 9.81. The number of nitrogens with two attached hydrogens (primary N) is 1. The van der Waals surface area contributed by atoms with Gasteiger partial charge in [-0.15, -0.1) is 0 Å². The molecule has 6 nitrogen and oxygen atoms in total. The SMILES string of the molecule is CCCCCCCCCCC(C(N)=O)(C(=O)O)C(=O)O. The minimum Gasteiger partial charge on any atom is -0.480 e. The van der Waals surface area contributed by atoms with Gasteiger partial charge >= 0.3 is 11.9 Å². The van der Waals surface area contributed by atoms with Crippen molar-refractivity contribution in [3.8, 4) is 0 Å². The molecule has 0 aromatic heterocycles. The van der Waals surface area contributed by atoms with E-state index in [9.17, 15) is 14.4 Å². The number of carbonyl (C=O) groups excluding carboxylic acids is 1. The summed E-state index contributed by atoms with van der Waals surface area (Å²) in [5.74, 6) is -4.67.